The molecular formula is C17H15BrN2O3. The van der Waals surface area contributed by atoms with Gasteiger partial charge in [0.15, 0.2) is 17.4 Å². The predicted molar refractivity (Wildman–Crippen MR) is 94.5 cm³/mol. The zero-order valence-corrected chi connectivity index (χ0v) is 14.2. The summed E-state index contributed by atoms with van der Waals surface area (Å²) >= 11 is 3.44. The van der Waals surface area contributed by atoms with Crippen molar-refractivity contribution in [1.29, 1.82) is 0 Å². The average Bonchev–Trinajstić information content (AvgIpc) is 2.87. The molecule has 0 saturated heterocycles. The third-order valence-electron chi connectivity index (χ3n) is 3.49. The Hall–Kier alpha value is -2.47. The number of aromatic amines is 1. The SMILES string of the molecule is COc1ccc(N=Cc2c(O)[nH]c3ccc(Br)cc23)cc1OC. The van der Waals surface area contributed by atoms with Crippen LogP contribution in [0.25, 0.3) is 10.9 Å². The van der Waals surface area contributed by atoms with Crippen LogP contribution in [0.2, 0.25) is 0 Å². The highest BCUT2D eigenvalue weighted by molar-refractivity contribution is 9.10. The fraction of sp³-hybridized carbons (Fsp3) is 0.118. The van der Waals surface area contributed by atoms with Crippen molar-refractivity contribution in [1.82, 2.24) is 4.98 Å². The Morgan fingerprint density at radius 1 is 1.09 bits per heavy atom. The van der Waals surface area contributed by atoms with E-state index < -0.39 is 0 Å². The Morgan fingerprint density at radius 2 is 1.87 bits per heavy atom. The molecule has 2 aromatic carbocycles. The van der Waals surface area contributed by atoms with Gasteiger partial charge in [0.1, 0.15) is 0 Å². The summed E-state index contributed by atoms with van der Waals surface area (Å²) in [5.74, 6) is 1.33. The van der Waals surface area contributed by atoms with Crippen LogP contribution in [0.5, 0.6) is 17.4 Å². The predicted octanol–water partition coefficient (Wildman–Crippen LogP) is 4.40. The first-order chi connectivity index (χ1) is 11.1. The lowest BCUT2D eigenvalue weighted by Crippen LogP contribution is -1.89. The molecule has 0 aliphatic carbocycles. The molecule has 0 spiro atoms. The molecule has 3 rings (SSSR count). The lowest BCUT2D eigenvalue weighted by atomic mass is 10.2. The van der Waals surface area contributed by atoms with Gasteiger partial charge < -0.3 is 19.6 Å². The number of methoxy groups -OCH3 is 2. The van der Waals surface area contributed by atoms with Gasteiger partial charge >= 0.3 is 0 Å². The number of fused-ring (bicyclic) bond motifs is 1. The minimum absolute atomic E-state index is 0.0855. The van der Waals surface area contributed by atoms with E-state index in [0.29, 0.717) is 22.7 Å². The normalized spacial score (nSPS) is 11.3. The van der Waals surface area contributed by atoms with Crippen molar-refractivity contribution >= 4 is 38.7 Å². The number of H-pyrrole nitrogens is 1. The zero-order valence-electron chi connectivity index (χ0n) is 12.6. The average molecular weight is 375 g/mol. The number of halogens is 1. The van der Waals surface area contributed by atoms with Crippen LogP contribution in [0.3, 0.4) is 0 Å². The fourth-order valence-corrected chi connectivity index (χ4v) is 2.71. The van der Waals surface area contributed by atoms with E-state index in [-0.39, 0.29) is 5.88 Å². The maximum atomic E-state index is 10.1. The quantitative estimate of drug-likeness (QED) is 0.664. The number of hydrogen-bond acceptors (Lipinski definition) is 4. The first-order valence-corrected chi connectivity index (χ1v) is 7.68. The van der Waals surface area contributed by atoms with Crippen LogP contribution in [0.1, 0.15) is 5.56 Å². The molecule has 1 heterocycles. The number of aromatic nitrogens is 1. The second-order valence-electron chi connectivity index (χ2n) is 4.87. The monoisotopic (exact) mass is 374 g/mol. The highest BCUT2D eigenvalue weighted by Crippen LogP contribution is 2.32. The number of aromatic hydroxyl groups is 1. The maximum absolute atomic E-state index is 10.1. The lowest BCUT2D eigenvalue weighted by molar-refractivity contribution is 0.355. The van der Waals surface area contributed by atoms with E-state index in [1.165, 1.54) is 0 Å². The lowest BCUT2D eigenvalue weighted by Gasteiger charge is -2.07. The number of nitrogens with zero attached hydrogens (tertiary/aromatic N) is 1. The summed E-state index contributed by atoms with van der Waals surface area (Å²) < 4.78 is 11.4. The molecule has 5 nitrogen and oxygen atoms in total. The first kappa shape index (κ1) is 15.4. The minimum atomic E-state index is 0.0855. The van der Waals surface area contributed by atoms with Crippen molar-refractivity contribution in [3.8, 4) is 17.4 Å². The van der Waals surface area contributed by atoms with Crippen molar-refractivity contribution in [2.45, 2.75) is 0 Å². The molecule has 0 bridgehead atoms. The summed E-state index contributed by atoms with van der Waals surface area (Å²) in [5, 5.41) is 11.0. The van der Waals surface area contributed by atoms with E-state index in [2.05, 4.69) is 25.9 Å². The van der Waals surface area contributed by atoms with Crippen molar-refractivity contribution < 1.29 is 14.6 Å². The van der Waals surface area contributed by atoms with Gasteiger partial charge in [0.2, 0.25) is 0 Å². The molecule has 0 radical (unpaired) electrons. The van der Waals surface area contributed by atoms with Gasteiger partial charge in [-0.25, -0.2) is 0 Å². The van der Waals surface area contributed by atoms with Crippen LogP contribution in [0.15, 0.2) is 45.9 Å². The summed E-state index contributed by atoms with van der Waals surface area (Å²) in [6.45, 7) is 0. The summed E-state index contributed by atoms with van der Waals surface area (Å²) in [6, 6.07) is 11.1. The van der Waals surface area contributed by atoms with E-state index in [1.54, 1.807) is 32.6 Å². The molecule has 118 valence electrons. The second kappa shape index (κ2) is 6.34. The highest BCUT2D eigenvalue weighted by Gasteiger charge is 2.09. The van der Waals surface area contributed by atoms with Crippen LogP contribution in [0.4, 0.5) is 5.69 Å². The van der Waals surface area contributed by atoms with E-state index in [9.17, 15) is 5.11 Å². The van der Waals surface area contributed by atoms with Crippen LogP contribution >= 0.6 is 15.9 Å². The molecule has 2 N–H and O–H groups in total. The Kier molecular flexibility index (Phi) is 4.25. The molecule has 1 aromatic heterocycles. The Balaban J connectivity index is 2.00. The third-order valence-corrected chi connectivity index (χ3v) is 3.98. The summed E-state index contributed by atoms with van der Waals surface area (Å²) in [5.41, 5.74) is 2.18. The van der Waals surface area contributed by atoms with Crippen LogP contribution in [-0.2, 0) is 0 Å². The van der Waals surface area contributed by atoms with Crippen molar-refractivity contribution in [2.75, 3.05) is 14.2 Å². The molecule has 0 amide bonds. The zero-order chi connectivity index (χ0) is 16.4. The molecule has 3 aromatic rings. The smallest absolute Gasteiger partial charge is 0.198 e. The molecule has 0 unspecified atom stereocenters. The number of benzene rings is 2. The molecule has 6 heteroatoms. The second-order valence-corrected chi connectivity index (χ2v) is 5.79. The standard InChI is InChI=1S/C17H15BrN2O3/c1-22-15-6-4-11(8-16(15)23-2)19-9-13-12-7-10(18)3-5-14(12)20-17(13)21/h3-9,20-21H,1-2H3. The van der Waals surface area contributed by atoms with Crippen molar-refractivity contribution in [3.63, 3.8) is 0 Å². The van der Waals surface area contributed by atoms with Gasteiger partial charge in [-0.15, -0.1) is 0 Å². The summed E-state index contributed by atoms with van der Waals surface area (Å²) in [4.78, 5) is 7.35. The van der Waals surface area contributed by atoms with E-state index in [1.807, 2.05) is 24.3 Å². The van der Waals surface area contributed by atoms with E-state index in [0.717, 1.165) is 15.4 Å². The Morgan fingerprint density at radius 3 is 2.61 bits per heavy atom. The van der Waals surface area contributed by atoms with Gasteiger partial charge in [0, 0.05) is 27.7 Å². The molecular weight excluding hydrogens is 360 g/mol. The topological polar surface area (TPSA) is 66.8 Å². The molecule has 23 heavy (non-hydrogen) atoms. The van der Waals surface area contributed by atoms with E-state index >= 15 is 0 Å². The third kappa shape index (κ3) is 3.03. The van der Waals surface area contributed by atoms with Crippen molar-refractivity contribution in [2.24, 2.45) is 4.99 Å². The molecule has 0 saturated carbocycles. The van der Waals surface area contributed by atoms with Crippen LogP contribution < -0.4 is 9.47 Å². The summed E-state index contributed by atoms with van der Waals surface area (Å²) in [7, 11) is 3.16. The first-order valence-electron chi connectivity index (χ1n) is 6.88. The van der Waals surface area contributed by atoms with Gasteiger partial charge in [0.05, 0.1) is 25.5 Å². The van der Waals surface area contributed by atoms with Crippen molar-refractivity contribution in [3.05, 3.63) is 46.4 Å². The van der Waals surface area contributed by atoms with Gasteiger partial charge in [-0.3, -0.25) is 4.99 Å². The highest BCUT2D eigenvalue weighted by atomic mass is 79.9. The molecule has 0 aliphatic heterocycles. The molecule has 0 atom stereocenters. The summed E-state index contributed by atoms with van der Waals surface area (Å²) in [6.07, 6.45) is 1.63. The molecule has 0 fully saturated rings. The van der Waals surface area contributed by atoms with Gasteiger partial charge in [-0.2, -0.15) is 0 Å². The Labute approximate surface area is 141 Å². The fourth-order valence-electron chi connectivity index (χ4n) is 2.35. The van der Waals surface area contributed by atoms with E-state index in [4.69, 9.17) is 9.47 Å². The minimum Gasteiger partial charge on any atom is -0.494 e. The number of ether oxygens (including phenoxy) is 2. The largest absolute Gasteiger partial charge is 0.494 e. The maximum Gasteiger partial charge on any atom is 0.198 e. The number of rotatable bonds is 4. The number of hydrogen-bond donors (Lipinski definition) is 2. The van der Waals surface area contributed by atoms with Gasteiger partial charge in [-0.05, 0) is 30.3 Å². The Bertz CT molecular complexity index is 887. The molecule has 0 aliphatic rings. The van der Waals surface area contributed by atoms with Gasteiger partial charge in [0.25, 0.3) is 0 Å². The van der Waals surface area contributed by atoms with Crippen LogP contribution in [0, 0.1) is 0 Å². The van der Waals surface area contributed by atoms with Crippen LogP contribution in [-0.4, -0.2) is 30.5 Å². The number of aliphatic imine (C=N–C) groups is 1. The van der Waals surface area contributed by atoms with Gasteiger partial charge in [-0.1, -0.05) is 15.9 Å². The number of nitrogens with one attached hydrogen (secondary N) is 1.